The summed E-state index contributed by atoms with van der Waals surface area (Å²) in [6.45, 7) is 9.91. The van der Waals surface area contributed by atoms with Gasteiger partial charge in [-0.15, -0.1) is 0 Å². The van der Waals surface area contributed by atoms with Crippen LogP contribution in [-0.4, -0.2) is 9.97 Å². The minimum Gasteiger partial charge on any atom is -0.472 e. The number of hydrogen-bond donors (Lipinski definition) is 0. The molecule has 0 bridgehead atoms. The second kappa shape index (κ2) is 13.5. The van der Waals surface area contributed by atoms with Crippen LogP contribution in [-0.2, 0) is 11.0 Å². The summed E-state index contributed by atoms with van der Waals surface area (Å²) in [6, 6.07) is 60.4. The highest BCUT2D eigenvalue weighted by Crippen LogP contribution is 2.66. The second-order valence-corrected chi connectivity index (χ2v) is 18.8. The Labute approximate surface area is 353 Å². The van der Waals surface area contributed by atoms with Crippen LogP contribution in [0.1, 0.15) is 74.8 Å². The largest absolute Gasteiger partial charge is 0.472 e. The Morgan fingerprint density at radius 1 is 0.500 bits per heavy atom. The number of rotatable bonds is 5. The minimum atomic E-state index is -0.879. The van der Waals surface area contributed by atoms with E-state index in [1.54, 1.807) is 0 Å². The number of ether oxygens (including phenoxy) is 1. The summed E-state index contributed by atoms with van der Waals surface area (Å²) < 4.78 is 7.75. The Morgan fingerprint density at radius 2 is 1.03 bits per heavy atom. The normalized spacial score (nSPS) is 19.0. The topological polar surface area (TPSA) is 35.0 Å². The van der Waals surface area contributed by atoms with E-state index in [2.05, 4.69) is 198 Å². The lowest BCUT2D eigenvalue weighted by molar-refractivity contribution is 0.0642. The van der Waals surface area contributed by atoms with E-state index in [9.17, 15) is 0 Å². The highest BCUT2D eigenvalue weighted by molar-refractivity contribution is 6.08. The van der Waals surface area contributed by atoms with Crippen LogP contribution in [0.15, 0.2) is 176 Å². The lowest BCUT2D eigenvalue weighted by atomic mass is 9.52. The molecular formula is C57H48N2O. The van der Waals surface area contributed by atoms with Crippen LogP contribution in [0.3, 0.4) is 0 Å². The van der Waals surface area contributed by atoms with Crippen molar-refractivity contribution in [2.45, 2.75) is 58.0 Å². The predicted octanol–water partition coefficient (Wildman–Crippen LogP) is 14.5. The minimum absolute atomic E-state index is 0.139. The molecule has 1 saturated carbocycles. The average molecular weight is 777 g/mol. The number of aromatic nitrogens is 2. The van der Waals surface area contributed by atoms with Crippen molar-refractivity contribution in [3.63, 3.8) is 0 Å². The molecule has 1 aromatic heterocycles. The van der Waals surface area contributed by atoms with Gasteiger partial charge in [0.1, 0.15) is 5.75 Å². The first kappa shape index (κ1) is 36.5. The summed E-state index contributed by atoms with van der Waals surface area (Å²) in [5, 5.41) is 2.40. The van der Waals surface area contributed by atoms with Crippen LogP contribution in [0, 0.1) is 10.8 Å². The molecule has 3 heteroatoms. The van der Waals surface area contributed by atoms with Crippen molar-refractivity contribution in [3.05, 3.63) is 204 Å². The fourth-order valence-corrected chi connectivity index (χ4v) is 11.7. The quantitative estimate of drug-likeness (QED) is 0.175. The molecule has 7 aromatic carbocycles. The smallest absolute Gasteiger partial charge is 0.178 e. The molecule has 60 heavy (non-hydrogen) atoms. The van der Waals surface area contributed by atoms with Crippen LogP contribution >= 0.6 is 0 Å². The zero-order valence-electron chi connectivity index (χ0n) is 34.7. The van der Waals surface area contributed by atoms with Gasteiger partial charge in [0.15, 0.2) is 11.4 Å². The molecule has 292 valence electrons. The fraction of sp³-hybridized carbons (Fsp3) is 0.193. The van der Waals surface area contributed by atoms with Crippen molar-refractivity contribution in [1.29, 1.82) is 0 Å². The molecule has 0 N–H and O–H groups in total. The van der Waals surface area contributed by atoms with Gasteiger partial charge >= 0.3 is 0 Å². The highest BCUT2D eigenvalue weighted by atomic mass is 16.5. The maximum Gasteiger partial charge on any atom is 0.178 e. The summed E-state index contributed by atoms with van der Waals surface area (Å²) in [5.74, 6) is 1.64. The third-order valence-electron chi connectivity index (χ3n) is 13.3. The van der Waals surface area contributed by atoms with E-state index < -0.39 is 5.60 Å². The number of fused-ring (bicyclic) bond motifs is 10. The first-order chi connectivity index (χ1) is 29.1. The van der Waals surface area contributed by atoms with Crippen molar-refractivity contribution in [2.24, 2.45) is 10.8 Å². The third-order valence-corrected chi connectivity index (χ3v) is 13.3. The van der Waals surface area contributed by atoms with Crippen molar-refractivity contribution in [3.8, 4) is 50.8 Å². The molecule has 2 aliphatic carbocycles. The molecule has 11 rings (SSSR count). The molecule has 2 heterocycles. The first-order valence-electron chi connectivity index (χ1n) is 21.4. The molecule has 3 nitrogen and oxygen atoms in total. The Hall–Kier alpha value is -6.58. The molecular weight excluding hydrogens is 729 g/mol. The van der Waals surface area contributed by atoms with Crippen molar-refractivity contribution in [2.75, 3.05) is 0 Å². The standard InChI is InChI=1S/C57H48N2O/c1-54(2)35-55(3,4)37-56(36-54)47-27-17-16-26-45(47)50-43-24-14-15-25-44(43)52-46(51(50)56)32-33-57(60-52,41-22-12-7-13-23-41)42-30-28-40(29-31-42)53-58-48(38-18-8-5-9-19-38)34-49(59-53)39-20-10-6-11-21-39/h5-34H,35-37H2,1-4H3. The van der Waals surface area contributed by atoms with Crippen LogP contribution in [0.25, 0.3) is 61.9 Å². The summed E-state index contributed by atoms with van der Waals surface area (Å²) in [6.07, 6.45) is 8.12. The van der Waals surface area contributed by atoms with Crippen molar-refractivity contribution >= 4 is 16.8 Å². The Bertz CT molecular complexity index is 2890. The van der Waals surface area contributed by atoms with Gasteiger partial charge in [-0.1, -0.05) is 198 Å². The highest BCUT2D eigenvalue weighted by Gasteiger charge is 2.55. The van der Waals surface area contributed by atoms with Gasteiger partial charge in [0, 0.05) is 44.2 Å². The van der Waals surface area contributed by atoms with Crippen LogP contribution in [0.4, 0.5) is 0 Å². The molecule has 1 fully saturated rings. The monoisotopic (exact) mass is 776 g/mol. The molecule has 1 unspecified atom stereocenters. The van der Waals surface area contributed by atoms with Crippen molar-refractivity contribution in [1.82, 2.24) is 9.97 Å². The first-order valence-corrected chi connectivity index (χ1v) is 21.4. The van der Waals surface area contributed by atoms with Gasteiger partial charge in [-0.3, -0.25) is 0 Å². The van der Waals surface area contributed by atoms with E-state index in [0.717, 1.165) is 63.2 Å². The Kier molecular flexibility index (Phi) is 8.20. The van der Waals surface area contributed by atoms with Crippen molar-refractivity contribution < 1.29 is 4.74 Å². The van der Waals surface area contributed by atoms with E-state index >= 15 is 0 Å². The van der Waals surface area contributed by atoms with Gasteiger partial charge in [0.2, 0.25) is 0 Å². The van der Waals surface area contributed by atoms with Gasteiger partial charge < -0.3 is 4.74 Å². The maximum atomic E-state index is 7.75. The van der Waals surface area contributed by atoms with E-state index in [-0.39, 0.29) is 16.2 Å². The molecule has 8 aromatic rings. The molecule has 1 atom stereocenters. The van der Waals surface area contributed by atoms with Gasteiger partial charge in [-0.05, 0) is 69.9 Å². The number of nitrogens with zero attached hydrogens (tertiary/aromatic N) is 2. The zero-order chi connectivity index (χ0) is 40.7. The predicted molar refractivity (Wildman–Crippen MR) is 247 cm³/mol. The molecule has 0 saturated heterocycles. The van der Waals surface area contributed by atoms with E-state index in [1.165, 1.54) is 39.6 Å². The van der Waals surface area contributed by atoms with Gasteiger partial charge in [-0.25, -0.2) is 9.97 Å². The zero-order valence-corrected chi connectivity index (χ0v) is 34.7. The fourth-order valence-electron chi connectivity index (χ4n) is 11.7. The van der Waals surface area contributed by atoms with Gasteiger partial charge in [0.25, 0.3) is 0 Å². The molecule has 1 spiro atoms. The van der Waals surface area contributed by atoms with Gasteiger partial charge in [0.05, 0.1) is 11.4 Å². The average Bonchev–Trinajstić information content (AvgIpc) is 3.54. The second-order valence-electron chi connectivity index (χ2n) is 18.8. The summed E-state index contributed by atoms with van der Waals surface area (Å²) in [5.41, 5.74) is 13.2. The van der Waals surface area contributed by atoms with Gasteiger partial charge in [-0.2, -0.15) is 0 Å². The Morgan fingerprint density at radius 3 is 1.67 bits per heavy atom. The maximum absolute atomic E-state index is 7.75. The Balaban J connectivity index is 1.09. The lowest BCUT2D eigenvalue weighted by Gasteiger charge is -2.52. The lowest BCUT2D eigenvalue weighted by Crippen LogP contribution is -2.44. The van der Waals surface area contributed by atoms with Crippen LogP contribution in [0.5, 0.6) is 5.75 Å². The SMILES string of the molecule is CC1(C)CC(C)(C)CC2(C1)c1ccccc1-c1c2c2c(c3ccccc13)OC(c1ccccc1)(c1ccc(-c3nc(-c4ccccc4)cc(-c4ccccc4)n3)cc1)C=C2. The van der Waals surface area contributed by atoms with E-state index in [0.29, 0.717) is 5.82 Å². The molecule has 0 amide bonds. The summed E-state index contributed by atoms with van der Waals surface area (Å²) >= 11 is 0. The van der Waals surface area contributed by atoms with E-state index in [4.69, 9.17) is 14.7 Å². The summed E-state index contributed by atoms with van der Waals surface area (Å²) in [7, 11) is 0. The molecule has 1 aliphatic heterocycles. The number of hydrogen-bond acceptors (Lipinski definition) is 3. The van der Waals surface area contributed by atoms with Crippen LogP contribution in [0.2, 0.25) is 0 Å². The third kappa shape index (κ3) is 5.78. The summed E-state index contributed by atoms with van der Waals surface area (Å²) in [4.78, 5) is 10.3. The molecule has 3 aliphatic rings. The number of benzene rings is 7. The van der Waals surface area contributed by atoms with E-state index in [1.807, 2.05) is 12.1 Å². The van der Waals surface area contributed by atoms with Crippen LogP contribution < -0.4 is 4.74 Å². The molecule has 0 radical (unpaired) electrons.